The van der Waals surface area contributed by atoms with E-state index in [0.717, 1.165) is 22.4 Å². The predicted molar refractivity (Wildman–Crippen MR) is 117 cm³/mol. The van der Waals surface area contributed by atoms with Crippen molar-refractivity contribution < 1.29 is 9.53 Å². The number of para-hydroxylation sites is 1. The molecule has 6 heteroatoms. The average molecular weight is 393 g/mol. The van der Waals surface area contributed by atoms with Crippen LogP contribution in [0, 0.1) is 0 Å². The molecule has 6 nitrogen and oxygen atoms in total. The maximum Gasteiger partial charge on any atom is 0.250 e. The van der Waals surface area contributed by atoms with Gasteiger partial charge in [-0.3, -0.25) is 9.78 Å². The van der Waals surface area contributed by atoms with Crippen molar-refractivity contribution in [3.05, 3.63) is 65.9 Å². The van der Waals surface area contributed by atoms with Crippen molar-refractivity contribution in [2.45, 2.75) is 45.4 Å². The van der Waals surface area contributed by atoms with E-state index >= 15 is 0 Å². The predicted octanol–water partition coefficient (Wildman–Crippen LogP) is 4.01. The number of fused-ring (bicyclic) bond motifs is 1. The highest BCUT2D eigenvalue weighted by Crippen LogP contribution is 2.33. The molecule has 3 aromatic rings. The first-order valence-electron chi connectivity index (χ1n) is 9.66. The number of amides is 1. The number of pyridine rings is 1. The largest absolute Gasteiger partial charge is 0.491 e. The second-order valence-electron chi connectivity index (χ2n) is 8.06. The summed E-state index contributed by atoms with van der Waals surface area (Å²) in [7, 11) is 0. The lowest BCUT2D eigenvalue weighted by molar-refractivity contribution is 0.100. The Hall–Kier alpha value is -3.12. The fraction of sp³-hybridized carbons (Fsp3) is 0.304. The Kier molecular flexibility index (Phi) is 5.75. The maximum absolute atomic E-state index is 11.8. The lowest BCUT2D eigenvalue weighted by Crippen LogP contribution is -2.43. The second kappa shape index (κ2) is 8.09. The molecule has 0 radical (unpaired) electrons. The second-order valence-corrected chi connectivity index (χ2v) is 8.06. The Labute approximate surface area is 171 Å². The van der Waals surface area contributed by atoms with E-state index in [1.54, 1.807) is 18.3 Å². The molecule has 1 amide bonds. The molecule has 0 aliphatic carbocycles. The number of ether oxygens (including phenoxy) is 1. The van der Waals surface area contributed by atoms with Gasteiger partial charge in [-0.25, -0.2) is 0 Å². The summed E-state index contributed by atoms with van der Waals surface area (Å²) in [5.41, 5.74) is 14.3. The number of benzene rings is 2. The van der Waals surface area contributed by atoms with Crippen molar-refractivity contribution in [2.75, 3.05) is 5.32 Å². The van der Waals surface area contributed by atoms with Crippen LogP contribution in [0.25, 0.3) is 10.9 Å². The molecule has 29 heavy (non-hydrogen) atoms. The van der Waals surface area contributed by atoms with Crippen molar-refractivity contribution in [2.24, 2.45) is 11.5 Å². The quantitative estimate of drug-likeness (QED) is 0.564. The molecule has 0 saturated carbocycles. The minimum Gasteiger partial charge on any atom is -0.491 e. The minimum absolute atomic E-state index is 0.114. The minimum atomic E-state index is -0.558. The van der Waals surface area contributed by atoms with Gasteiger partial charge < -0.3 is 21.5 Å². The first kappa shape index (κ1) is 20.6. The molecule has 5 N–H and O–H groups in total. The molecular formula is C23H28N4O2. The summed E-state index contributed by atoms with van der Waals surface area (Å²) in [5.74, 6) is 0.314. The van der Waals surface area contributed by atoms with Gasteiger partial charge in [-0.05, 0) is 57.5 Å². The highest BCUT2D eigenvalue weighted by Gasteiger charge is 2.27. The normalized spacial score (nSPS) is 12.8. The third kappa shape index (κ3) is 4.66. The number of hydrogen-bond donors (Lipinski definition) is 3. The van der Waals surface area contributed by atoms with E-state index in [1.165, 1.54) is 0 Å². The number of primary amides is 1. The van der Waals surface area contributed by atoms with Gasteiger partial charge in [0.05, 0.1) is 23.2 Å². The highest BCUT2D eigenvalue weighted by atomic mass is 16.5. The molecule has 0 aliphatic rings. The van der Waals surface area contributed by atoms with Crippen LogP contribution in [0.5, 0.6) is 5.75 Å². The summed E-state index contributed by atoms with van der Waals surface area (Å²) in [4.78, 5) is 16.1. The summed E-state index contributed by atoms with van der Waals surface area (Å²) < 4.78 is 5.74. The Bertz CT molecular complexity index is 1010. The molecule has 1 atom stereocenters. The molecule has 152 valence electrons. The fourth-order valence-electron chi connectivity index (χ4n) is 3.37. The number of carbonyl (C=O) groups is 1. The number of carbonyl (C=O) groups excluding carboxylic acids is 1. The SMILES string of the molecule is CC(C)Oc1ccc([C@H](Nc2ccnc3c(C(N)=O)cccc23)C(C)(C)N)cc1. The molecule has 1 aromatic heterocycles. The zero-order valence-corrected chi connectivity index (χ0v) is 17.3. The average Bonchev–Trinajstić information content (AvgIpc) is 2.65. The highest BCUT2D eigenvalue weighted by molar-refractivity contribution is 6.07. The van der Waals surface area contributed by atoms with Gasteiger partial charge in [0.25, 0.3) is 5.91 Å². The molecular weight excluding hydrogens is 364 g/mol. The lowest BCUT2D eigenvalue weighted by Gasteiger charge is -2.33. The van der Waals surface area contributed by atoms with E-state index in [1.807, 2.05) is 64.1 Å². The summed E-state index contributed by atoms with van der Waals surface area (Å²) in [5, 5.41) is 4.36. The van der Waals surface area contributed by atoms with Crippen LogP contribution >= 0.6 is 0 Å². The number of nitrogens with one attached hydrogen (secondary N) is 1. The summed E-state index contributed by atoms with van der Waals surface area (Å²) in [6.07, 6.45) is 1.78. The van der Waals surface area contributed by atoms with Crippen molar-refractivity contribution in [1.82, 2.24) is 4.98 Å². The number of hydrogen-bond acceptors (Lipinski definition) is 5. The zero-order chi connectivity index (χ0) is 21.2. The molecule has 0 saturated heterocycles. The Balaban J connectivity index is 2.00. The monoisotopic (exact) mass is 392 g/mol. The van der Waals surface area contributed by atoms with Gasteiger partial charge in [0, 0.05) is 22.8 Å². The van der Waals surface area contributed by atoms with Crippen molar-refractivity contribution in [3.63, 3.8) is 0 Å². The summed E-state index contributed by atoms with van der Waals surface area (Å²) in [6, 6.07) is 15.0. The number of aromatic nitrogens is 1. The Morgan fingerprint density at radius 2 is 1.79 bits per heavy atom. The van der Waals surface area contributed by atoms with Gasteiger partial charge in [0.1, 0.15) is 5.75 Å². The lowest BCUT2D eigenvalue weighted by atomic mass is 9.89. The third-order valence-corrected chi connectivity index (χ3v) is 4.67. The Morgan fingerprint density at radius 1 is 1.10 bits per heavy atom. The van der Waals surface area contributed by atoms with E-state index in [9.17, 15) is 4.79 Å². The first-order chi connectivity index (χ1) is 13.7. The number of anilines is 1. The smallest absolute Gasteiger partial charge is 0.250 e. The van der Waals surface area contributed by atoms with Gasteiger partial charge >= 0.3 is 0 Å². The molecule has 0 fully saturated rings. The van der Waals surface area contributed by atoms with Crippen LogP contribution in [0.2, 0.25) is 0 Å². The summed E-state index contributed by atoms with van der Waals surface area (Å²) in [6.45, 7) is 7.94. The topological polar surface area (TPSA) is 103 Å². The molecule has 3 rings (SSSR count). The van der Waals surface area contributed by atoms with Crippen LogP contribution in [0.1, 0.15) is 49.7 Å². The number of rotatable bonds is 7. The molecule has 0 aliphatic heterocycles. The van der Waals surface area contributed by atoms with E-state index in [4.69, 9.17) is 16.2 Å². The molecule has 0 bridgehead atoms. The molecule has 2 aromatic carbocycles. The fourth-order valence-corrected chi connectivity index (χ4v) is 3.37. The van der Waals surface area contributed by atoms with Crippen LogP contribution < -0.4 is 21.5 Å². The van der Waals surface area contributed by atoms with Gasteiger partial charge in [0.2, 0.25) is 0 Å². The van der Waals surface area contributed by atoms with Crippen molar-refractivity contribution in [3.8, 4) is 5.75 Å². The Morgan fingerprint density at radius 3 is 2.38 bits per heavy atom. The number of nitrogens with two attached hydrogens (primary N) is 2. The van der Waals surface area contributed by atoms with Crippen LogP contribution in [-0.2, 0) is 0 Å². The van der Waals surface area contributed by atoms with Crippen molar-refractivity contribution in [1.29, 1.82) is 0 Å². The van der Waals surface area contributed by atoms with Gasteiger partial charge in [0.15, 0.2) is 0 Å². The maximum atomic E-state index is 11.8. The van der Waals surface area contributed by atoms with Crippen LogP contribution in [0.4, 0.5) is 5.69 Å². The molecule has 0 spiro atoms. The molecule has 0 unspecified atom stereocenters. The summed E-state index contributed by atoms with van der Waals surface area (Å²) >= 11 is 0. The van der Waals surface area contributed by atoms with E-state index < -0.39 is 11.4 Å². The van der Waals surface area contributed by atoms with Gasteiger partial charge in [-0.2, -0.15) is 0 Å². The third-order valence-electron chi connectivity index (χ3n) is 4.67. The standard InChI is InChI=1S/C23H28N4O2/c1-14(2)29-16-10-8-15(9-11-16)21(23(3,4)25)27-19-12-13-26-20-17(19)6-5-7-18(20)22(24)28/h5-14,21H,25H2,1-4H3,(H2,24,28)(H,26,27)/t21-/m0/s1. The van der Waals surface area contributed by atoms with Crippen molar-refractivity contribution >= 4 is 22.5 Å². The van der Waals surface area contributed by atoms with E-state index in [0.29, 0.717) is 11.1 Å². The van der Waals surface area contributed by atoms with Crippen LogP contribution in [0.3, 0.4) is 0 Å². The van der Waals surface area contributed by atoms with Gasteiger partial charge in [-0.1, -0.05) is 24.3 Å². The zero-order valence-electron chi connectivity index (χ0n) is 17.3. The van der Waals surface area contributed by atoms with E-state index in [-0.39, 0.29) is 12.1 Å². The molecule has 1 heterocycles. The van der Waals surface area contributed by atoms with Gasteiger partial charge in [-0.15, -0.1) is 0 Å². The van der Waals surface area contributed by atoms with Crippen LogP contribution in [0.15, 0.2) is 54.7 Å². The first-order valence-corrected chi connectivity index (χ1v) is 9.66. The number of nitrogens with zero attached hydrogens (tertiary/aromatic N) is 1. The van der Waals surface area contributed by atoms with E-state index in [2.05, 4.69) is 10.3 Å². The van der Waals surface area contributed by atoms with Crippen LogP contribution in [-0.4, -0.2) is 22.5 Å².